The molecule has 1 heterocycles. The number of halogens is 1. The molecule has 1 atom stereocenters. The van der Waals surface area contributed by atoms with Crippen LogP contribution in [0.5, 0.6) is 5.75 Å². The SMILES string of the molecule is COc1cc(F)ccc1N1CC(SC(C)=O)CC1=O. The maximum absolute atomic E-state index is 13.1. The molecule has 1 fully saturated rings. The van der Waals surface area contributed by atoms with Gasteiger partial charge in [-0.15, -0.1) is 0 Å². The zero-order valence-electron chi connectivity index (χ0n) is 10.7. The van der Waals surface area contributed by atoms with E-state index in [0.717, 1.165) is 11.8 Å². The number of anilines is 1. The monoisotopic (exact) mass is 283 g/mol. The molecule has 1 amide bonds. The van der Waals surface area contributed by atoms with Gasteiger partial charge in [-0.2, -0.15) is 0 Å². The molecule has 1 aromatic rings. The van der Waals surface area contributed by atoms with Crippen LogP contribution in [0.25, 0.3) is 0 Å². The van der Waals surface area contributed by atoms with E-state index in [1.807, 2.05) is 0 Å². The van der Waals surface area contributed by atoms with Gasteiger partial charge in [0.1, 0.15) is 11.6 Å². The fourth-order valence-electron chi connectivity index (χ4n) is 2.10. The van der Waals surface area contributed by atoms with Crippen molar-refractivity contribution in [3.8, 4) is 5.75 Å². The lowest BCUT2D eigenvalue weighted by molar-refractivity contribution is -0.117. The molecule has 1 aliphatic rings. The average molecular weight is 283 g/mol. The van der Waals surface area contributed by atoms with Crippen molar-refractivity contribution in [2.75, 3.05) is 18.6 Å². The lowest BCUT2D eigenvalue weighted by Gasteiger charge is -2.19. The summed E-state index contributed by atoms with van der Waals surface area (Å²) in [6, 6.07) is 4.05. The minimum atomic E-state index is -0.415. The zero-order chi connectivity index (χ0) is 14.0. The maximum Gasteiger partial charge on any atom is 0.228 e. The fourth-order valence-corrected chi connectivity index (χ4v) is 3.01. The molecule has 102 valence electrons. The number of rotatable bonds is 3. The second kappa shape index (κ2) is 5.61. The van der Waals surface area contributed by atoms with E-state index in [9.17, 15) is 14.0 Å². The highest BCUT2D eigenvalue weighted by molar-refractivity contribution is 8.14. The van der Waals surface area contributed by atoms with Crippen molar-refractivity contribution in [2.24, 2.45) is 0 Å². The third-order valence-electron chi connectivity index (χ3n) is 2.85. The molecule has 6 heteroatoms. The van der Waals surface area contributed by atoms with E-state index < -0.39 is 5.82 Å². The molecule has 1 aliphatic heterocycles. The molecule has 0 radical (unpaired) electrons. The molecule has 2 rings (SSSR count). The zero-order valence-corrected chi connectivity index (χ0v) is 11.5. The van der Waals surface area contributed by atoms with Crippen molar-refractivity contribution in [1.29, 1.82) is 0 Å². The Hall–Kier alpha value is -1.56. The molecule has 0 bridgehead atoms. The Morgan fingerprint density at radius 3 is 2.89 bits per heavy atom. The van der Waals surface area contributed by atoms with E-state index in [1.165, 1.54) is 32.2 Å². The predicted molar refractivity (Wildman–Crippen MR) is 72.0 cm³/mol. The molecule has 0 spiro atoms. The largest absolute Gasteiger partial charge is 0.494 e. The summed E-state index contributed by atoms with van der Waals surface area (Å²) in [7, 11) is 1.43. The Bertz CT molecular complexity index is 521. The van der Waals surface area contributed by atoms with E-state index in [0.29, 0.717) is 24.4 Å². The van der Waals surface area contributed by atoms with Crippen molar-refractivity contribution in [2.45, 2.75) is 18.6 Å². The Morgan fingerprint density at radius 2 is 2.26 bits per heavy atom. The Kier molecular flexibility index (Phi) is 4.09. The molecule has 0 saturated carbocycles. The molecule has 4 nitrogen and oxygen atoms in total. The van der Waals surface area contributed by atoms with Gasteiger partial charge in [0.2, 0.25) is 5.91 Å². The van der Waals surface area contributed by atoms with E-state index in [2.05, 4.69) is 0 Å². The number of hydrogen-bond acceptors (Lipinski definition) is 4. The highest BCUT2D eigenvalue weighted by Crippen LogP contribution is 2.34. The van der Waals surface area contributed by atoms with Crippen LogP contribution in [-0.4, -0.2) is 29.9 Å². The summed E-state index contributed by atoms with van der Waals surface area (Å²) >= 11 is 1.16. The topological polar surface area (TPSA) is 46.6 Å². The number of nitrogens with zero attached hydrogens (tertiary/aromatic N) is 1. The number of benzene rings is 1. The van der Waals surface area contributed by atoms with Gasteiger partial charge in [0.15, 0.2) is 5.12 Å². The average Bonchev–Trinajstić information content (AvgIpc) is 2.69. The van der Waals surface area contributed by atoms with Crippen molar-refractivity contribution < 1.29 is 18.7 Å². The van der Waals surface area contributed by atoms with Gasteiger partial charge in [0, 0.05) is 31.2 Å². The van der Waals surface area contributed by atoms with E-state index in [4.69, 9.17) is 4.74 Å². The molecule has 1 saturated heterocycles. The van der Waals surface area contributed by atoms with E-state index in [1.54, 1.807) is 4.90 Å². The minimum Gasteiger partial charge on any atom is -0.494 e. The highest BCUT2D eigenvalue weighted by Gasteiger charge is 2.33. The van der Waals surface area contributed by atoms with Crippen molar-refractivity contribution in [3.05, 3.63) is 24.0 Å². The minimum absolute atomic E-state index is 0.00859. The molecule has 1 unspecified atom stereocenters. The summed E-state index contributed by atoms with van der Waals surface area (Å²) in [5.74, 6) is -0.174. The normalized spacial score (nSPS) is 18.8. The van der Waals surface area contributed by atoms with E-state index in [-0.39, 0.29) is 16.3 Å². The molecule has 19 heavy (non-hydrogen) atoms. The Morgan fingerprint density at radius 1 is 1.53 bits per heavy atom. The van der Waals surface area contributed by atoms with Crippen LogP contribution in [0.1, 0.15) is 13.3 Å². The predicted octanol–water partition coefficient (Wildman–Crippen LogP) is 2.22. The van der Waals surface area contributed by atoms with E-state index >= 15 is 0 Å². The van der Waals surface area contributed by atoms with Crippen molar-refractivity contribution in [3.63, 3.8) is 0 Å². The number of hydrogen-bond donors (Lipinski definition) is 0. The first kappa shape index (κ1) is 13.9. The van der Waals surface area contributed by atoms with Gasteiger partial charge in [-0.25, -0.2) is 4.39 Å². The molecule has 0 aliphatic carbocycles. The van der Waals surface area contributed by atoms with Crippen LogP contribution in [0.3, 0.4) is 0 Å². The van der Waals surface area contributed by atoms with Crippen LogP contribution in [0.4, 0.5) is 10.1 Å². The summed E-state index contributed by atoms with van der Waals surface area (Å²) in [5, 5.41) is -0.0644. The highest BCUT2D eigenvalue weighted by atomic mass is 32.2. The van der Waals surface area contributed by atoms with Crippen molar-refractivity contribution >= 4 is 28.5 Å². The van der Waals surface area contributed by atoms with Crippen molar-refractivity contribution in [1.82, 2.24) is 0 Å². The van der Waals surface area contributed by atoms with Crippen LogP contribution in [0, 0.1) is 5.82 Å². The lowest BCUT2D eigenvalue weighted by atomic mass is 10.2. The third-order valence-corrected chi connectivity index (χ3v) is 3.84. The quantitative estimate of drug-likeness (QED) is 0.853. The number of ether oxygens (including phenoxy) is 1. The first-order chi connectivity index (χ1) is 9.01. The number of methoxy groups -OCH3 is 1. The van der Waals surface area contributed by atoms with Crippen LogP contribution in [0.2, 0.25) is 0 Å². The molecular formula is C13H14FNO3S. The summed E-state index contributed by atoms with van der Waals surface area (Å²) in [6.07, 6.45) is 0.310. The van der Waals surface area contributed by atoms with Crippen LogP contribution in [0.15, 0.2) is 18.2 Å². The van der Waals surface area contributed by atoms with Gasteiger partial charge >= 0.3 is 0 Å². The number of carbonyl (C=O) groups excluding carboxylic acids is 2. The standard InChI is InChI=1S/C13H14FNO3S/c1-8(16)19-10-6-13(17)15(7-10)11-4-3-9(14)5-12(11)18-2/h3-5,10H,6-7H2,1-2H3. The van der Waals surface area contributed by atoms with Crippen LogP contribution in [-0.2, 0) is 9.59 Å². The molecule has 1 aromatic carbocycles. The summed E-state index contributed by atoms with van der Waals surface area (Å²) < 4.78 is 18.2. The van der Waals surface area contributed by atoms with Gasteiger partial charge < -0.3 is 9.64 Å². The summed E-state index contributed by atoms with van der Waals surface area (Å²) in [6.45, 7) is 1.92. The van der Waals surface area contributed by atoms with Gasteiger partial charge in [-0.1, -0.05) is 11.8 Å². The first-order valence-corrected chi connectivity index (χ1v) is 6.70. The molecule has 0 N–H and O–H groups in total. The Labute approximate surface area is 114 Å². The first-order valence-electron chi connectivity index (χ1n) is 5.82. The lowest BCUT2D eigenvalue weighted by Crippen LogP contribution is -2.25. The van der Waals surface area contributed by atoms with Gasteiger partial charge in [-0.3, -0.25) is 9.59 Å². The Balaban J connectivity index is 2.23. The summed E-state index contributed by atoms with van der Waals surface area (Å²) in [4.78, 5) is 24.6. The number of amides is 1. The van der Waals surface area contributed by atoms with Crippen LogP contribution < -0.4 is 9.64 Å². The van der Waals surface area contributed by atoms with Gasteiger partial charge in [0.25, 0.3) is 0 Å². The number of carbonyl (C=O) groups is 2. The fraction of sp³-hybridized carbons (Fsp3) is 0.385. The second-order valence-corrected chi connectivity index (χ2v) is 5.73. The third kappa shape index (κ3) is 3.07. The number of thioether (sulfide) groups is 1. The smallest absolute Gasteiger partial charge is 0.228 e. The molecular weight excluding hydrogens is 269 g/mol. The van der Waals surface area contributed by atoms with Crippen LogP contribution >= 0.6 is 11.8 Å². The molecule has 0 aromatic heterocycles. The van der Waals surface area contributed by atoms with Gasteiger partial charge in [-0.05, 0) is 12.1 Å². The van der Waals surface area contributed by atoms with Gasteiger partial charge in [0.05, 0.1) is 12.8 Å². The summed E-state index contributed by atoms with van der Waals surface area (Å²) in [5.41, 5.74) is 0.542. The second-order valence-electron chi connectivity index (χ2n) is 4.26. The maximum atomic E-state index is 13.1.